The van der Waals surface area contributed by atoms with Crippen molar-refractivity contribution in [2.75, 3.05) is 11.2 Å². The van der Waals surface area contributed by atoms with Gasteiger partial charge in [0.1, 0.15) is 11.4 Å². The van der Waals surface area contributed by atoms with E-state index >= 15 is 0 Å². The monoisotopic (exact) mass is 518 g/mol. The lowest BCUT2D eigenvalue weighted by atomic mass is 10.1. The van der Waals surface area contributed by atoms with Gasteiger partial charge in [0.2, 0.25) is 10.0 Å². The molecule has 2 aromatic carbocycles. The van der Waals surface area contributed by atoms with E-state index in [9.17, 15) is 22.0 Å². The van der Waals surface area contributed by atoms with Crippen LogP contribution in [-0.2, 0) is 16.6 Å². The molecule has 1 aliphatic rings. The summed E-state index contributed by atoms with van der Waals surface area (Å²) in [6.07, 6.45) is 2.66. The van der Waals surface area contributed by atoms with Crippen molar-refractivity contribution < 1.29 is 26.7 Å². The molecule has 1 N–H and O–H groups in total. The Bertz CT molecular complexity index is 1360. The van der Waals surface area contributed by atoms with Gasteiger partial charge in [0.05, 0.1) is 24.4 Å². The molecule has 4 rings (SSSR count). The number of nitriles is 1. The third-order valence-electron chi connectivity index (χ3n) is 5.11. The number of hydrogen-bond acceptors (Lipinski definition) is 8. The number of aromatic nitrogens is 1. The zero-order valence-electron chi connectivity index (χ0n) is 18.4. The number of amides is 1. The van der Waals surface area contributed by atoms with Gasteiger partial charge in [-0.3, -0.25) is 4.79 Å². The van der Waals surface area contributed by atoms with E-state index in [2.05, 4.69) is 15.8 Å². The van der Waals surface area contributed by atoms with Crippen molar-refractivity contribution in [3.63, 3.8) is 0 Å². The number of rotatable bonds is 9. The van der Waals surface area contributed by atoms with Crippen molar-refractivity contribution in [3.8, 4) is 11.8 Å². The maximum Gasteiger partial charge on any atom is 0.387 e. The Morgan fingerprint density at radius 1 is 1.23 bits per heavy atom. The lowest BCUT2D eigenvalue weighted by Gasteiger charge is -2.22. The van der Waals surface area contributed by atoms with Gasteiger partial charge in [0, 0.05) is 10.6 Å². The summed E-state index contributed by atoms with van der Waals surface area (Å²) >= 11 is 1.30. The summed E-state index contributed by atoms with van der Waals surface area (Å²) in [6.45, 7) is -2.66. The molecule has 0 bridgehead atoms. The number of carbonyl (C=O) groups is 1. The van der Waals surface area contributed by atoms with Crippen molar-refractivity contribution in [2.45, 2.75) is 31.9 Å². The first kappa shape index (κ1) is 24.6. The summed E-state index contributed by atoms with van der Waals surface area (Å²) in [5.74, 6) is -0.626. The van der Waals surface area contributed by atoms with Gasteiger partial charge in [-0.1, -0.05) is 12.1 Å². The minimum atomic E-state index is -3.77. The molecule has 0 atom stereocenters. The van der Waals surface area contributed by atoms with Gasteiger partial charge in [-0.05, 0) is 60.7 Å². The molecule has 1 fully saturated rings. The minimum absolute atomic E-state index is 0.0265. The topological polar surface area (TPSA) is 112 Å². The third kappa shape index (κ3) is 6.32. The predicted octanol–water partition coefficient (Wildman–Crippen LogP) is 4.52. The van der Waals surface area contributed by atoms with Crippen LogP contribution in [0.25, 0.3) is 0 Å². The van der Waals surface area contributed by atoms with Crippen LogP contribution in [0.2, 0.25) is 0 Å². The van der Waals surface area contributed by atoms with Gasteiger partial charge in [0.15, 0.2) is 5.13 Å². The maximum absolute atomic E-state index is 12.7. The summed E-state index contributed by atoms with van der Waals surface area (Å²) in [5.41, 5.74) is 1.97. The van der Waals surface area contributed by atoms with Gasteiger partial charge in [-0.15, -0.1) is 11.3 Å². The van der Waals surface area contributed by atoms with Crippen LogP contribution in [0.15, 0.2) is 48.5 Å². The van der Waals surface area contributed by atoms with Crippen molar-refractivity contribution in [3.05, 3.63) is 70.2 Å². The van der Waals surface area contributed by atoms with Crippen LogP contribution in [0, 0.1) is 11.3 Å². The predicted molar refractivity (Wildman–Crippen MR) is 126 cm³/mol. The van der Waals surface area contributed by atoms with E-state index in [0.717, 1.165) is 24.7 Å². The minimum Gasteiger partial charge on any atom is -0.435 e. The normalized spacial score (nSPS) is 13.3. The Kier molecular flexibility index (Phi) is 7.00. The Morgan fingerprint density at radius 3 is 2.43 bits per heavy atom. The van der Waals surface area contributed by atoms with Crippen LogP contribution >= 0.6 is 11.3 Å². The zero-order valence-corrected chi connectivity index (χ0v) is 20.1. The lowest BCUT2D eigenvalue weighted by Crippen LogP contribution is -2.30. The molecule has 3 aromatic rings. The second kappa shape index (κ2) is 9.97. The van der Waals surface area contributed by atoms with E-state index in [-0.39, 0.29) is 23.9 Å². The van der Waals surface area contributed by atoms with Crippen molar-refractivity contribution in [1.29, 1.82) is 5.26 Å². The molecule has 1 aliphatic carbocycles. The van der Waals surface area contributed by atoms with Gasteiger partial charge < -0.3 is 9.64 Å². The third-order valence-corrected chi connectivity index (χ3v) is 6.91. The Hall–Kier alpha value is -3.56. The molecule has 0 unspecified atom stereocenters. The number of nitrogens with zero attached hydrogens (tertiary/aromatic N) is 3. The number of hydrogen-bond donors (Lipinski definition) is 1. The number of sulfonamides is 1. The molecule has 1 amide bonds. The number of alkyl halides is 2. The van der Waals surface area contributed by atoms with Gasteiger partial charge in [-0.25, -0.2) is 18.1 Å². The number of thiazole rings is 1. The molecule has 12 heteroatoms. The molecule has 0 spiro atoms. The van der Waals surface area contributed by atoms with Crippen LogP contribution in [0.5, 0.6) is 5.75 Å². The van der Waals surface area contributed by atoms with E-state index in [4.69, 9.17) is 5.26 Å². The molecule has 1 aromatic heterocycles. The smallest absolute Gasteiger partial charge is 0.387 e. The van der Waals surface area contributed by atoms with E-state index < -0.39 is 22.5 Å². The van der Waals surface area contributed by atoms with Gasteiger partial charge >= 0.3 is 6.61 Å². The Labute approximate surface area is 204 Å². The van der Waals surface area contributed by atoms with Crippen molar-refractivity contribution >= 4 is 38.1 Å². The van der Waals surface area contributed by atoms with Crippen LogP contribution < -0.4 is 14.4 Å². The number of halogens is 2. The van der Waals surface area contributed by atoms with E-state index in [0.29, 0.717) is 21.3 Å². The van der Waals surface area contributed by atoms with Gasteiger partial charge in [-0.2, -0.15) is 14.0 Å². The van der Waals surface area contributed by atoms with E-state index in [1.165, 1.54) is 23.5 Å². The Morgan fingerprint density at radius 2 is 1.89 bits per heavy atom. The average molecular weight is 519 g/mol. The molecule has 0 aliphatic heterocycles. The molecular weight excluding hydrogens is 498 g/mol. The molecular formula is C23H20F2N4O4S2. The SMILES string of the molecule is CS(=O)(=O)NC(=O)c1nc(N(Cc2ccc(OC(F)F)cc2)c2ccc(C#N)cc2)sc1C1CC1. The van der Waals surface area contributed by atoms with Crippen molar-refractivity contribution in [1.82, 2.24) is 9.71 Å². The van der Waals surface area contributed by atoms with Crippen molar-refractivity contribution in [2.24, 2.45) is 0 Å². The van der Waals surface area contributed by atoms with Crippen LogP contribution in [-0.4, -0.2) is 32.2 Å². The standard InChI is InChI=1S/C23H20F2N4O4S2/c1-35(31,32)28-21(30)19-20(16-6-7-16)34-23(27-19)29(17-8-2-14(12-26)3-9-17)13-15-4-10-18(11-5-15)33-22(24)25/h2-5,8-11,16,22H,6-7,13H2,1H3,(H,28,30). The number of nitrogens with one attached hydrogen (secondary N) is 1. The molecule has 35 heavy (non-hydrogen) atoms. The average Bonchev–Trinajstić information content (AvgIpc) is 3.55. The van der Waals surface area contributed by atoms with Crippen LogP contribution in [0.4, 0.5) is 19.6 Å². The lowest BCUT2D eigenvalue weighted by molar-refractivity contribution is -0.0498. The highest BCUT2D eigenvalue weighted by Crippen LogP contribution is 2.47. The Balaban J connectivity index is 1.71. The summed E-state index contributed by atoms with van der Waals surface area (Å²) < 4.78 is 54.6. The molecule has 1 heterocycles. The maximum atomic E-state index is 12.7. The number of ether oxygens (including phenoxy) is 1. The first-order chi connectivity index (χ1) is 16.6. The van der Waals surface area contributed by atoms with Crippen LogP contribution in [0.1, 0.15) is 45.3 Å². The molecule has 8 nitrogen and oxygen atoms in total. The fourth-order valence-electron chi connectivity index (χ4n) is 3.38. The van der Waals surface area contributed by atoms with Gasteiger partial charge in [0.25, 0.3) is 5.91 Å². The zero-order chi connectivity index (χ0) is 25.2. The first-order valence-electron chi connectivity index (χ1n) is 10.5. The summed E-state index contributed by atoms with van der Waals surface area (Å²) in [6, 6.07) is 15.0. The number of anilines is 2. The highest BCUT2D eigenvalue weighted by molar-refractivity contribution is 7.89. The fourth-order valence-corrected chi connectivity index (χ4v) is 5.07. The summed E-state index contributed by atoms with van der Waals surface area (Å²) in [7, 11) is -3.77. The highest BCUT2D eigenvalue weighted by Gasteiger charge is 2.34. The second-order valence-corrected chi connectivity index (χ2v) is 10.7. The first-order valence-corrected chi connectivity index (χ1v) is 13.2. The van der Waals surface area contributed by atoms with Crippen LogP contribution in [0.3, 0.4) is 0 Å². The van der Waals surface area contributed by atoms with E-state index in [1.54, 1.807) is 36.4 Å². The molecule has 0 saturated heterocycles. The summed E-state index contributed by atoms with van der Waals surface area (Å²) in [4.78, 5) is 19.7. The fraction of sp³-hybridized carbons (Fsp3) is 0.261. The second-order valence-electron chi connectivity index (χ2n) is 7.95. The highest BCUT2D eigenvalue weighted by atomic mass is 32.2. The quantitative estimate of drug-likeness (QED) is 0.443. The number of benzene rings is 2. The molecule has 182 valence electrons. The summed E-state index contributed by atoms with van der Waals surface area (Å²) in [5, 5.41) is 9.60. The molecule has 1 saturated carbocycles. The van der Waals surface area contributed by atoms with E-state index in [1.807, 2.05) is 9.62 Å². The largest absolute Gasteiger partial charge is 0.435 e. The number of carbonyl (C=O) groups excluding carboxylic acids is 1. The molecule has 0 radical (unpaired) electrons.